The first-order chi connectivity index (χ1) is 19.4. The molecule has 3 aromatic carbocycles. The molecule has 1 amide bonds. The van der Waals surface area contributed by atoms with Crippen LogP contribution in [0.25, 0.3) is 5.76 Å². The number of likely N-dealkylation sites (N-methyl/N-ethyl adjacent to an activating group) is 1. The van der Waals surface area contributed by atoms with Crippen molar-refractivity contribution in [2.45, 2.75) is 12.6 Å². The molecule has 0 saturated carbocycles. The number of ketones is 1. The Labute approximate surface area is 233 Å². The summed E-state index contributed by atoms with van der Waals surface area (Å²) in [6.45, 7) is 1.98. The highest BCUT2D eigenvalue weighted by Gasteiger charge is 2.46. The van der Waals surface area contributed by atoms with Gasteiger partial charge in [0.05, 0.1) is 18.7 Å². The molecule has 0 bridgehead atoms. The van der Waals surface area contributed by atoms with E-state index >= 15 is 0 Å². The summed E-state index contributed by atoms with van der Waals surface area (Å²) in [5.41, 5.74) is 1.97. The zero-order valence-electron chi connectivity index (χ0n) is 22.8. The van der Waals surface area contributed by atoms with Gasteiger partial charge in [0.2, 0.25) is 0 Å². The average molecular weight is 545 g/mol. The number of likely N-dealkylation sites (tertiary alicyclic amines) is 1. The number of aliphatic hydroxyl groups excluding tert-OH is 1. The summed E-state index contributed by atoms with van der Waals surface area (Å²) in [6.07, 6.45) is 0. The van der Waals surface area contributed by atoms with Crippen LogP contribution < -0.4 is 18.9 Å². The molecule has 2 aliphatic rings. The second-order valence-corrected chi connectivity index (χ2v) is 9.84. The molecule has 3 aromatic rings. The molecule has 1 fully saturated rings. The van der Waals surface area contributed by atoms with Gasteiger partial charge in [0, 0.05) is 18.7 Å². The molecule has 1 unspecified atom stereocenters. The topological polar surface area (TPSA) is 97.8 Å². The van der Waals surface area contributed by atoms with Gasteiger partial charge < -0.3 is 33.9 Å². The van der Waals surface area contributed by atoms with Gasteiger partial charge in [0.25, 0.3) is 11.7 Å². The van der Waals surface area contributed by atoms with Crippen molar-refractivity contribution in [3.63, 3.8) is 0 Å². The summed E-state index contributed by atoms with van der Waals surface area (Å²) in [7, 11) is 5.32. The van der Waals surface area contributed by atoms with Crippen molar-refractivity contribution in [2.75, 3.05) is 47.5 Å². The zero-order valence-corrected chi connectivity index (χ0v) is 22.8. The Kier molecular flexibility index (Phi) is 7.93. The van der Waals surface area contributed by atoms with E-state index < -0.39 is 17.7 Å². The molecule has 0 aliphatic carbocycles. The second kappa shape index (κ2) is 11.7. The first-order valence-electron chi connectivity index (χ1n) is 13.0. The fourth-order valence-electron chi connectivity index (χ4n) is 4.82. The molecule has 1 saturated heterocycles. The van der Waals surface area contributed by atoms with Gasteiger partial charge in [-0.3, -0.25) is 9.59 Å². The Morgan fingerprint density at radius 1 is 0.975 bits per heavy atom. The van der Waals surface area contributed by atoms with Crippen molar-refractivity contribution >= 4 is 17.4 Å². The van der Waals surface area contributed by atoms with Gasteiger partial charge in [-0.05, 0) is 55.6 Å². The number of carbonyl (C=O) groups excluding carboxylic acids is 2. The lowest BCUT2D eigenvalue weighted by atomic mass is 9.94. The molecule has 9 heteroatoms. The number of hydrogen-bond acceptors (Lipinski definition) is 8. The van der Waals surface area contributed by atoms with Crippen LogP contribution >= 0.6 is 0 Å². The van der Waals surface area contributed by atoms with Crippen LogP contribution in [0.15, 0.2) is 72.3 Å². The van der Waals surface area contributed by atoms with Gasteiger partial charge in [0.1, 0.15) is 25.6 Å². The maximum absolute atomic E-state index is 13.4. The first-order valence-corrected chi connectivity index (χ1v) is 13.0. The van der Waals surface area contributed by atoms with Crippen LogP contribution in [0.1, 0.15) is 22.7 Å². The molecule has 9 nitrogen and oxygen atoms in total. The fraction of sp³-hybridized carbons (Fsp3) is 0.290. The maximum atomic E-state index is 13.4. The summed E-state index contributed by atoms with van der Waals surface area (Å²) in [5, 5.41) is 11.4. The van der Waals surface area contributed by atoms with E-state index in [4.69, 9.17) is 18.9 Å². The largest absolute Gasteiger partial charge is 0.507 e. The van der Waals surface area contributed by atoms with Gasteiger partial charge in [-0.1, -0.05) is 36.4 Å². The van der Waals surface area contributed by atoms with Gasteiger partial charge in [-0.15, -0.1) is 0 Å². The van der Waals surface area contributed by atoms with Crippen molar-refractivity contribution in [3.05, 3.63) is 89.0 Å². The number of benzene rings is 3. The second-order valence-electron chi connectivity index (χ2n) is 9.84. The number of rotatable bonds is 9. The number of aliphatic hydroxyl groups is 1. The number of fused-ring (bicyclic) bond motifs is 1. The van der Waals surface area contributed by atoms with Crippen LogP contribution in [-0.2, 0) is 16.2 Å². The third kappa shape index (κ3) is 5.46. The summed E-state index contributed by atoms with van der Waals surface area (Å²) >= 11 is 0. The molecule has 40 heavy (non-hydrogen) atoms. The predicted molar refractivity (Wildman–Crippen MR) is 149 cm³/mol. The van der Waals surface area contributed by atoms with E-state index in [0.29, 0.717) is 60.5 Å². The molecule has 208 valence electrons. The van der Waals surface area contributed by atoms with Gasteiger partial charge >= 0.3 is 0 Å². The van der Waals surface area contributed by atoms with E-state index in [9.17, 15) is 14.7 Å². The highest BCUT2D eigenvalue weighted by molar-refractivity contribution is 6.46. The molecular weight excluding hydrogens is 512 g/mol. The third-order valence-corrected chi connectivity index (χ3v) is 6.88. The van der Waals surface area contributed by atoms with Gasteiger partial charge in [0.15, 0.2) is 23.0 Å². The van der Waals surface area contributed by atoms with Crippen LogP contribution in [0.2, 0.25) is 0 Å². The van der Waals surface area contributed by atoms with Crippen molar-refractivity contribution in [1.82, 2.24) is 9.80 Å². The van der Waals surface area contributed by atoms with Gasteiger partial charge in [-0.2, -0.15) is 0 Å². The van der Waals surface area contributed by atoms with Crippen molar-refractivity contribution < 1.29 is 33.6 Å². The van der Waals surface area contributed by atoms with E-state index in [2.05, 4.69) is 0 Å². The molecule has 0 spiro atoms. The fourth-order valence-corrected chi connectivity index (χ4v) is 4.82. The summed E-state index contributed by atoms with van der Waals surface area (Å²) in [5.74, 6) is 0.292. The Bertz CT molecular complexity index is 1430. The Morgan fingerprint density at radius 3 is 2.45 bits per heavy atom. The number of carbonyl (C=O) groups is 2. The highest BCUT2D eigenvalue weighted by Crippen LogP contribution is 2.43. The van der Waals surface area contributed by atoms with E-state index in [1.807, 2.05) is 49.3 Å². The molecule has 2 heterocycles. The Balaban J connectivity index is 1.54. The average Bonchev–Trinajstić information content (AvgIpc) is 3.23. The van der Waals surface area contributed by atoms with Crippen LogP contribution in [0, 0.1) is 0 Å². The molecule has 0 radical (unpaired) electrons. The number of Topliss-reactive ketones (excluding diaryl/α,β-unsaturated/α-hetero) is 1. The molecular formula is C31H32N2O7. The quantitative estimate of drug-likeness (QED) is 0.245. The van der Waals surface area contributed by atoms with Crippen LogP contribution in [0.3, 0.4) is 0 Å². The van der Waals surface area contributed by atoms with Crippen molar-refractivity contribution in [2.24, 2.45) is 0 Å². The van der Waals surface area contributed by atoms with E-state index in [1.165, 1.54) is 12.0 Å². The van der Waals surface area contributed by atoms with E-state index in [-0.39, 0.29) is 17.9 Å². The number of hydrogen-bond donors (Lipinski definition) is 1. The minimum atomic E-state index is -0.828. The maximum Gasteiger partial charge on any atom is 0.295 e. The van der Waals surface area contributed by atoms with Crippen molar-refractivity contribution in [3.8, 4) is 23.0 Å². The number of methoxy groups -OCH3 is 1. The number of ether oxygens (including phenoxy) is 4. The summed E-state index contributed by atoms with van der Waals surface area (Å²) in [6, 6.07) is 19.2. The van der Waals surface area contributed by atoms with Crippen molar-refractivity contribution in [1.29, 1.82) is 0 Å². The van der Waals surface area contributed by atoms with E-state index in [0.717, 1.165) is 5.56 Å². The lowest BCUT2D eigenvalue weighted by Gasteiger charge is -2.27. The monoisotopic (exact) mass is 544 g/mol. The molecule has 0 aromatic heterocycles. The SMILES string of the molecule is COc1cc(C2/C(=C(\O)c3ccc4c(c3)OCCO4)C(=O)C(=O)N2CCN(C)C)ccc1OCc1ccccc1. The minimum Gasteiger partial charge on any atom is -0.507 e. The minimum absolute atomic E-state index is 0.000408. The third-order valence-electron chi connectivity index (χ3n) is 6.88. The number of nitrogens with zero attached hydrogens (tertiary/aromatic N) is 2. The Morgan fingerprint density at radius 2 is 1.73 bits per heavy atom. The standard InChI is InChI=1S/C31H32N2O7/c1-32(2)13-14-33-28(21-9-11-23(25(17-21)37-3)40-19-20-7-5-4-6-8-20)27(30(35)31(33)36)29(34)22-10-12-24-26(18-22)39-16-15-38-24/h4-12,17-18,28,34H,13-16,19H2,1-3H3/b29-27+. The molecule has 1 N–H and O–H groups in total. The Hall–Kier alpha value is -4.50. The summed E-state index contributed by atoms with van der Waals surface area (Å²) in [4.78, 5) is 30.1. The van der Waals surface area contributed by atoms with Crippen LogP contribution in [0.5, 0.6) is 23.0 Å². The number of amides is 1. The van der Waals surface area contributed by atoms with Gasteiger partial charge in [-0.25, -0.2) is 0 Å². The molecule has 1 atom stereocenters. The smallest absolute Gasteiger partial charge is 0.295 e. The first kappa shape index (κ1) is 27.1. The molecule has 2 aliphatic heterocycles. The highest BCUT2D eigenvalue weighted by atomic mass is 16.6. The molecule has 5 rings (SSSR count). The lowest BCUT2D eigenvalue weighted by molar-refractivity contribution is -0.140. The van der Waals surface area contributed by atoms with E-state index in [1.54, 1.807) is 36.4 Å². The van der Waals surface area contributed by atoms with Crippen LogP contribution in [-0.4, -0.2) is 74.1 Å². The predicted octanol–water partition coefficient (Wildman–Crippen LogP) is 4.03. The van der Waals surface area contributed by atoms with Crippen LogP contribution in [0.4, 0.5) is 0 Å². The summed E-state index contributed by atoms with van der Waals surface area (Å²) < 4.78 is 22.9. The lowest BCUT2D eigenvalue weighted by Crippen LogP contribution is -2.35. The zero-order chi connectivity index (χ0) is 28.2. The normalized spacial score (nSPS) is 17.8.